The predicted octanol–water partition coefficient (Wildman–Crippen LogP) is 8.99. The highest BCUT2D eigenvalue weighted by Gasteiger charge is 2.35. The molecule has 2 aliphatic rings. The van der Waals surface area contributed by atoms with Crippen molar-refractivity contribution < 1.29 is 0 Å². The van der Waals surface area contributed by atoms with E-state index in [2.05, 4.69) is 55.4 Å². The number of hydrogen-bond donors (Lipinski definition) is 0. The molecule has 156 valence electrons. The highest BCUT2D eigenvalue weighted by atomic mass is 14.4. The summed E-state index contributed by atoms with van der Waals surface area (Å²) in [4.78, 5) is 0. The maximum atomic E-state index is 2.43. The lowest BCUT2D eigenvalue weighted by Gasteiger charge is -2.26. The van der Waals surface area contributed by atoms with Crippen LogP contribution in [-0.2, 0) is 0 Å². The van der Waals surface area contributed by atoms with Crippen LogP contribution in [0, 0.1) is 47.3 Å². The lowest BCUT2D eigenvalue weighted by Crippen LogP contribution is -2.18. The third-order valence-corrected chi connectivity index (χ3v) is 7.86. The minimum absolute atomic E-state index is 0.903. The van der Waals surface area contributed by atoms with Crippen molar-refractivity contribution in [1.82, 2.24) is 0 Å². The Bertz CT molecular complexity index is 342. The quantitative estimate of drug-likeness (QED) is 0.403. The Kier molecular flexibility index (Phi) is 11.5. The summed E-state index contributed by atoms with van der Waals surface area (Å²) in [6.07, 6.45) is 14.6. The van der Waals surface area contributed by atoms with E-state index >= 15 is 0 Å². The van der Waals surface area contributed by atoms with Crippen molar-refractivity contribution in [2.45, 2.75) is 120 Å². The Morgan fingerprint density at radius 3 is 2.04 bits per heavy atom. The standard InChI is InChI=1S/2C13H26/c1-5-11(4)13-7-6-12(9-13)8-10(2)3;1-5-7-13-11(6-2)8-9-12(13)10(3)4/h2*10-13H,5-9H2,1-4H3. The molecule has 0 heteroatoms. The van der Waals surface area contributed by atoms with Crippen LogP contribution < -0.4 is 0 Å². The molecule has 0 nitrogen and oxygen atoms in total. The van der Waals surface area contributed by atoms with Gasteiger partial charge in [0.05, 0.1) is 0 Å². The van der Waals surface area contributed by atoms with Gasteiger partial charge in [-0.25, -0.2) is 0 Å². The highest BCUT2D eigenvalue weighted by molar-refractivity contribution is 4.85. The average molecular weight is 365 g/mol. The molecule has 26 heavy (non-hydrogen) atoms. The van der Waals surface area contributed by atoms with E-state index < -0.39 is 0 Å². The summed E-state index contributed by atoms with van der Waals surface area (Å²) >= 11 is 0. The van der Waals surface area contributed by atoms with Gasteiger partial charge >= 0.3 is 0 Å². The van der Waals surface area contributed by atoms with E-state index in [1.54, 1.807) is 0 Å². The molecule has 0 saturated heterocycles. The van der Waals surface area contributed by atoms with Gasteiger partial charge < -0.3 is 0 Å². The zero-order valence-electron chi connectivity index (χ0n) is 19.7. The van der Waals surface area contributed by atoms with Crippen LogP contribution in [-0.4, -0.2) is 0 Å². The second-order valence-electron chi connectivity index (χ2n) is 10.6. The van der Waals surface area contributed by atoms with Gasteiger partial charge in [0.2, 0.25) is 0 Å². The SMILES string of the molecule is CCC(C)C1CCC(CC(C)C)C1.CCCC1C(CC)CCC1C(C)C. The fourth-order valence-electron chi connectivity index (χ4n) is 6.15. The largest absolute Gasteiger partial charge is 0.0654 e. The molecule has 0 aromatic rings. The molecule has 2 fully saturated rings. The second-order valence-corrected chi connectivity index (χ2v) is 10.6. The third kappa shape index (κ3) is 7.55. The molecule has 2 rings (SSSR count). The van der Waals surface area contributed by atoms with Crippen molar-refractivity contribution in [3.63, 3.8) is 0 Å². The lowest BCUT2D eigenvalue weighted by molar-refractivity contribution is 0.232. The number of rotatable bonds is 8. The van der Waals surface area contributed by atoms with Crippen LogP contribution in [0.25, 0.3) is 0 Å². The molecule has 0 N–H and O–H groups in total. The van der Waals surface area contributed by atoms with Crippen LogP contribution in [0.1, 0.15) is 120 Å². The first-order valence-electron chi connectivity index (χ1n) is 12.3. The summed E-state index contributed by atoms with van der Waals surface area (Å²) in [7, 11) is 0. The van der Waals surface area contributed by atoms with Crippen LogP contribution in [0.15, 0.2) is 0 Å². The fourth-order valence-corrected chi connectivity index (χ4v) is 6.15. The first-order chi connectivity index (χ1) is 12.3. The zero-order chi connectivity index (χ0) is 19.7. The monoisotopic (exact) mass is 364 g/mol. The summed E-state index contributed by atoms with van der Waals surface area (Å²) < 4.78 is 0. The summed E-state index contributed by atoms with van der Waals surface area (Å²) in [5, 5.41) is 0. The molecule has 6 atom stereocenters. The van der Waals surface area contributed by atoms with Gasteiger partial charge in [0.15, 0.2) is 0 Å². The van der Waals surface area contributed by atoms with Gasteiger partial charge in [0.25, 0.3) is 0 Å². The number of hydrogen-bond acceptors (Lipinski definition) is 0. The van der Waals surface area contributed by atoms with Crippen LogP contribution in [0.4, 0.5) is 0 Å². The molecule has 2 aliphatic carbocycles. The molecule has 0 aromatic heterocycles. The van der Waals surface area contributed by atoms with E-state index in [0.29, 0.717) is 0 Å². The smallest absolute Gasteiger partial charge is 0.0355 e. The van der Waals surface area contributed by atoms with Gasteiger partial charge in [-0.2, -0.15) is 0 Å². The molecule has 0 aromatic carbocycles. The topological polar surface area (TPSA) is 0 Å². The Morgan fingerprint density at radius 1 is 0.846 bits per heavy atom. The van der Waals surface area contributed by atoms with Crippen molar-refractivity contribution in [2.24, 2.45) is 47.3 Å². The van der Waals surface area contributed by atoms with E-state index in [4.69, 9.17) is 0 Å². The molecular weight excluding hydrogens is 312 g/mol. The van der Waals surface area contributed by atoms with Crippen LogP contribution in [0.2, 0.25) is 0 Å². The van der Waals surface area contributed by atoms with Gasteiger partial charge in [-0.15, -0.1) is 0 Å². The van der Waals surface area contributed by atoms with E-state index in [1.165, 1.54) is 64.2 Å². The summed E-state index contributed by atoms with van der Waals surface area (Å²) in [6.45, 7) is 19.0. The second kappa shape index (κ2) is 12.5. The first-order valence-corrected chi connectivity index (χ1v) is 12.3. The molecule has 0 amide bonds. The van der Waals surface area contributed by atoms with Crippen molar-refractivity contribution in [2.75, 3.05) is 0 Å². The fraction of sp³-hybridized carbons (Fsp3) is 1.00. The molecule has 0 aliphatic heterocycles. The normalized spacial score (nSPS) is 32.8. The molecule has 0 heterocycles. The molecule has 0 radical (unpaired) electrons. The Balaban J connectivity index is 0.000000260. The van der Waals surface area contributed by atoms with E-state index in [-0.39, 0.29) is 0 Å². The Labute approximate surface area is 167 Å². The van der Waals surface area contributed by atoms with Crippen molar-refractivity contribution >= 4 is 0 Å². The van der Waals surface area contributed by atoms with Crippen LogP contribution in [0.5, 0.6) is 0 Å². The third-order valence-electron chi connectivity index (χ3n) is 7.86. The van der Waals surface area contributed by atoms with Gasteiger partial charge in [-0.05, 0) is 79.4 Å². The predicted molar refractivity (Wildman–Crippen MR) is 119 cm³/mol. The molecule has 0 spiro atoms. The minimum atomic E-state index is 0.903. The summed E-state index contributed by atoms with van der Waals surface area (Å²) in [6, 6.07) is 0. The van der Waals surface area contributed by atoms with Crippen molar-refractivity contribution in [3.8, 4) is 0 Å². The van der Waals surface area contributed by atoms with E-state index in [9.17, 15) is 0 Å². The average Bonchev–Trinajstić information content (AvgIpc) is 3.21. The van der Waals surface area contributed by atoms with Gasteiger partial charge in [-0.1, -0.05) is 87.5 Å². The van der Waals surface area contributed by atoms with E-state index in [0.717, 1.165) is 47.3 Å². The summed E-state index contributed by atoms with van der Waals surface area (Å²) in [5.41, 5.74) is 0. The molecule has 2 saturated carbocycles. The Morgan fingerprint density at radius 2 is 1.54 bits per heavy atom. The first kappa shape index (κ1) is 24.0. The van der Waals surface area contributed by atoms with Crippen LogP contribution >= 0.6 is 0 Å². The zero-order valence-corrected chi connectivity index (χ0v) is 19.7. The van der Waals surface area contributed by atoms with Crippen LogP contribution in [0.3, 0.4) is 0 Å². The maximum absolute atomic E-state index is 2.43. The van der Waals surface area contributed by atoms with Gasteiger partial charge in [0, 0.05) is 0 Å². The maximum Gasteiger partial charge on any atom is -0.0355 e. The molecule has 6 unspecified atom stereocenters. The Hall–Kier alpha value is 0. The molecule has 0 bridgehead atoms. The summed E-state index contributed by atoms with van der Waals surface area (Å²) in [5.74, 6) is 8.02. The van der Waals surface area contributed by atoms with Crippen molar-refractivity contribution in [3.05, 3.63) is 0 Å². The van der Waals surface area contributed by atoms with Gasteiger partial charge in [0.1, 0.15) is 0 Å². The van der Waals surface area contributed by atoms with Crippen molar-refractivity contribution in [1.29, 1.82) is 0 Å². The highest BCUT2D eigenvalue weighted by Crippen LogP contribution is 2.45. The van der Waals surface area contributed by atoms with E-state index in [1.807, 2.05) is 0 Å². The molecular formula is C26H52. The van der Waals surface area contributed by atoms with Gasteiger partial charge in [-0.3, -0.25) is 0 Å². The lowest BCUT2D eigenvalue weighted by atomic mass is 9.79. The minimum Gasteiger partial charge on any atom is -0.0654 e.